The maximum absolute atomic E-state index is 7.47. The van der Waals surface area contributed by atoms with Gasteiger partial charge in [-0.05, 0) is 132 Å². The Morgan fingerprint density at radius 1 is 0.443 bits per heavy atom. The molecule has 0 atom stereocenters. The number of fused-ring (bicyclic) bond motifs is 3. The van der Waals surface area contributed by atoms with E-state index in [0.29, 0.717) is 28.6 Å². The SMILES string of the molecule is [C-]#[N+]c1ccc(-c2nc(-c3ccc(-c4ccc(C56CC7CC(CC(C7)C5)C6)cc4)cc3)nc(-c3ccc(-n4c5ccccc5c5cc(-c6ccccc6)ccc54)cc3)n2)cc1. The van der Waals surface area contributed by atoms with E-state index < -0.39 is 0 Å². The number of rotatable bonds is 7. The molecule has 0 N–H and O–H groups in total. The van der Waals surface area contributed by atoms with Crippen molar-refractivity contribution in [3.8, 4) is 62.1 Å². The molecule has 2 aromatic heterocycles. The van der Waals surface area contributed by atoms with Crippen LogP contribution in [0.5, 0.6) is 0 Å². The van der Waals surface area contributed by atoms with Gasteiger partial charge in [0.1, 0.15) is 0 Å². The molecule has 292 valence electrons. The monoisotopic (exact) mass is 785 g/mol. The van der Waals surface area contributed by atoms with Crippen molar-refractivity contribution >= 4 is 27.5 Å². The van der Waals surface area contributed by atoms with Crippen LogP contribution in [0.1, 0.15) is 44.1 Å². The Bertz CT molecular complexity index is 3100. The van der Waals surface area contributed by atoms with Crippen molar-refractivity contribution < 1.29 is 0 Å². The number of nitrogens with zero attached hydrogens (tertiary/aromatic N) is 5. The molecule has 0 spiro atoms. The lowest BCUT2D eigenvalue weighted by molar-refractivity contribution is -0.00518. The van der Waals surface area contributed by atoms with Crippen LogP contribution in [-0.2, 0) is 5.41 Å². The number of aromatic nitrogens is 4. The van der Waals surface area contributed by atoms with E-state index in [1.165, 1.54) is 71.6 Å². The van der Waals surface area contributed by atoms with E-state index in [4.69, 9.17) is 21.5 Å². The van der Waals surface area contributed by atoms with Crippen LogP contribution in [0.4, 0.5) is 5.69 Å². The molecular formula is C56H43N5. The van der Waals surface area contributed by atoms with Gasteiger partial charge in [-0.15, -0.1) is 0 Å². The summed E-state index contributed by atoms with van der Waals surface area (Å²) in [4.78, 5) is 18.7. The smallest absolute Gasteiger partial charge is 0.187 e. The molecule has 13 rings (SSSR count). The summed E-state index contributed by atoms with van der Waals surface area (Å²) in [6.45, 7) is 7.47. The largest absolute Gasteiger partial charge is 0.309 e. The van der Waals surface area contributed by atoms with Crippen LogP contribution in [0.15, 0.2) is 170 Å². The summed E-state index contributed by atoms with van der Waals surface area (Å²) >= 11 is 0. The van der Waals surface area contributed by atoms with Gasteiger partial charge in [-0.2, -0.15) is 0 Å². The van der Waals surface area contributed by atoms with Gasteiger partial charge >= 0.3 is 0 Å². The lowest BCUT2D eigenvalue weighted by atomic mass is 9.48. The molecule has 0 saturated heterocycles. The zero-order chi connectivity index (χ0) is 40.5. The zero-order valence-corrected chi connectivity index (χ0v) is 33.9. The molecule has 0 amide bonds. The standard InChI is InChI=1S/C56H43N5/c1-57-47-24-17-43(18-25-47)54-58-53(42-13-11-40(12-14-42)41-15-22-46(23-16-41)56-33-36-29-37(34-56)31-38(30-36)35-56)59-55(60-54)44-19-26-48(27-20-44)61-51-10-6-5-9-49(51)50-32-45(21-28-52(50)61)39-7-3-2-4-8-39/h2-28,32,36-38H,29-31,33-35H2. The highest BCUT2D eigenvalue weighted by molar-refractivity contribution is 6.10. The zero-order valence-electron chi connectivity index (χ0n) is 33.9. The van der Waals surface area contributed by atoms with Crippen LogP contribution < -0.4 is 0 Å². The van der Waals surface area contributed by atoms with Crippen LogP contribution in [0.2, 0.25) is 0 Å². The highest BCUT2D eigenvalue weighted by Gasteiger charge is 2.51. The van der Waals surface area contributed by atoms with Gasteiger partial charge < -0.3 is 4.57 Å². The fraction of sp³-hybridized carbons (Fsp3) is 0.179. The molecule has 9 aromatic rings. The Morgan fingerprint density at radius 2 is 0.902 bits per heavy atom. The van der Waals surface area contributed by atoms with Gasteiger partial charge in [0.25, 0.3) is 0 Å². The summed E-state index contributed by atoms with van der Waals surface area (Å²) in [7, 11) is 0. The third kappa shape index (κ3) is 6.25. The highest BCUT2D eigenvalue weighted by Crippen LogP contribution is 2.60. The first kappa shape index (κ1) is 35.8. The fourth-order valence-electron chi connectivity index (χ4n) is 11.6. The van der Waals surface area contributed by atoms with Gasteiger partial charge in [0.2, 0.25) is 0 Å². The van der Waals surface area contributed by atoms with Gasteiger partial charge in [-0.3, -0.25) is 0 Å². The van der Waals surface area contributed by atoms with Crippen molar-refractivity contribution in [2.75, 3.05) is 0 Å². The van der Waals surface area contributed by atoms with Crippen molar-refractivity contribution in [1.82, 2.24) is 19.5 Å². The van der Waals surface area contributed by atoms with E-state index in [-0.39, 0.29) is 0 Å². The predicted molar refractivity (Wildman–Crippen MR) is 247 cm³/mol. The summed E-state index contributed by atoms with van der Waals surface area (Å²) in [5, 5.41) is 2.44. The summed E-state index contributed by atoms with van der Waals surface area (Å²) in [6.07, 6.45) is 8.55. The van der Waals surface area contributed by atoms with Crippen LogP contribution in [-0.4, -0.2) is 19.5 Å². The summed E-state index contributed by atoms with van der Waals surface area (Å²) in [5.41, 5.74) is 13.4. The molecular weight excluding hydrogens is 743 g/mol. The fourth-order valence-corrected chi connectivity index (χ4v) is 11.6. The van der Waals surface area contributed by atoms with Crippen LogP contribution in [0.3, 0.4) is 0 Å². The Balaban J connectivity index is 0.881. The summed E-state index contributed by atoms with van der Waals surface area (Å²) < 4.78 is 2.34. The number of para-hydroxylation sites is 1. The number of benzene rings is 7. The Hall–Kier alpha value is -7.16. The molecule has 2 heterocycles. The van der Waals surface area contributed by atoms with Crippen LogP contribution >= 0.6 is 0 Å². The average Bonchev–Trinajstić information content (AvgIpc) is 3.65. The van der Waals surface area contributed by atoms with E-state index in [0.717, 1.165) is 51.2 Å². The minimum Gasteiger partial charge on any atom is -0.309 e. The molecule has 0 radical (unpaired) electrons. The molecule has 61 heavy (non-hydrogen) atoms. The Morgan fingerprint density at radius 3 is 1.49 bits per heavy atom. The number of hydrogen-bond donors (Lipinski definition) is 0. The lowest BCUT2D eigenvalue weighted by Crippen LogP contribution is -2.48. The summed E-state index contributed by atoms with van der Waals surface area (Å²) in [5.74, 6) is 4.59. The molecule has 5 heteroatoms. The van der Waals surface area contributed by atoms with E-state index in [1.54, 1.807) is 5.56 Å². The quantitative estimate of drug-likeness (QED) is 0.151. The van der Waals surface area contributed by atoms with E-state index in [1.807, 2.05) is 24.3 Å². The molecule has 4 aliphatic carbocycles. The first-order valence-electron chi connectivity index (χ1n) is 21.7. The molecule has 4 fully saturated rings. The van der Waals surface area contributed by atoms with E-state index >= 15 is 0 Å². The minimum atomic E-state index is 0.403. The molecule has 4 bridgehead atoms. The third-order valence-electron chi connectivity index (χ3n) is 14.1. The number of hydrogen-bond acceptors (Lipinski definition) is 3. The maximum atomic E-state index is 7.47. The van der Waals surface area contributed by atoms with E-state index in [2.05, 4.69) is 155 Å². The van der Waals surface area contributed by atoms with Crippen molar-refractivity contribution in [1.29, 1.82) is 0 Å². The van der Waals surface area contributed by atoms with Crippen molar-refractivity contribution in [3.05, 3.63) is 187 Å². The van der Waals surface area contributed by atoms with Crippen molar-refractivity contribution in [2.45, 2.75) is 43.9 Å². The predicted octanol–water partition coefficient (Wildman–Crippen LogP) is 14.3. The van der Waals surface area contributed by atoms with Gasteiger partial charge in [-0.25, -0.2) is 19.8 Å². The lowest BCUT2D eigenvalue weighted by Gasteiger charge is -2.57. The second kappa shape index (κ2) is 14.2. The molecule has 0 aliphatic heterocycles. The molecule has 5 nitrogen and oxygen atoms in total. The van der Waals surface area contributed by atoms with Gasteiger partial charge in [-0.1, -0.05) is 127 Å². The normalized spacial score (nSPS) is 20.3. The van der Waals surface area contributed by atoms with Gasteiger partial charge in [0.05, 0.1) is 17.6 Å². The van der Waals surface area contributed by atoms with Crippen LogP contribution in [0.25, 0.3) is 88.8 Å². The first-order valence-corrected chi connectivity index (χ1v) is 21.7. The Labute approximate surface area is 356 Å². The highest BCUT2D eigenvalue weighted by atomic mass is 15.0. The van der Waals surface area contributed by atoms with Crippen molar-refractivity contribution in [2.24, 2.45) is 17.8 Å². The second-order valence-electron chi connectivity index (χ2n) is 17.8. The first-order chi connectivity index (χ1) is 30.1. The minimum absolute atomic E-state index is 0.403. The third-order valence-corrected chi connectivity index (χ3v) is 14.1. The topological polar surface area (TPSA) is 48.0 Å². The average molecular weight is 786 g/mol. The summed E-state index contributed by atoms with van der Waals surface area (Å²) in [6, 6.07) is 60.1. The van der Waals surface area contributed by atoms with Gasteiger partial charge in [0, 0.05) is 33.2 Å². The maximum Gasteiger partial charge on any atom is 0.187 e. The van der Waals surface area contributed by atoms with E-state index in [9.17, 15) is 0 Å². The molecule has 4 saturated carbocycles. The molecule has 4 aliphatic rings. The second-order valence-corrected chi connectivity index (χ2v) is 17.8. The molecule has 0 unspecified atom stereocenters. The van der Waals surface area contributed by atoms with Crippen molar-refractivity contribution in [3.63, 3.8) is 0 Å². The van der Waals surface area contributed by atoms with Crippen LogP contribution in [0, 0.1) is 24.3 Å². The Kier molecular flexibility index (Phi) is 8.35. The van der Waals surface area contributed by atoms with Gasteiger partial charge in [0.15, 0.2) is 23.2 Å². The molecule has 7 aromatic carbocycles.